The molecule has 1 unspecified atom stereocenters. The Labute approximate surface area is 215 Å². The van der Waals surface area contributed by atoms with Crippen molar-refractivity contribution in [2.24, 2.45) is 5.92 Å². The normalized spacial score (nSPS) is 18.9. The second kappa shape index (κ2) is 10.8. The quantitative estimate of drug-likeness (QED) is 0.336. The second-order valence-electron chi connectivity index (χ2n) is 8.67. The monoisotopic (exact) mass is 599 g/mol. The van der Waals surface area contributed by atoms with Gasteiger partial charge in [0.15, 0.2) is 5.75 Å². The molecule has 2 aromatic carbocycles. The van der Waals surface area contributed by atoms with Gasteiger partial charge in [-0.25, -0.2) is 13.2 Å². The number of esters is 1. The number of rotatable bonds is 7. The third-order valence-corrected chi connectivity index (χ3v) is 9.12. The summed E-state index contributed by atoms with van der Waals surface area (Å²) in [4.78, 5) is 12.6. The van der Waals surface area contributed by atoms with Gasteiger partial charge in [-0.1, -0.05) is 13.0 Å². The Bertz CT molecular complexity index is 1150. The van der Waals surface area contributed by atoms with Gasteiger partial charge in [0, 0.05) is 22.8 Å². The van der Waals surface area contributed by atoms with Crippen molar-refractivity contribution in [3.8, 4) is 5.75 Å². The van der Waals surface area contributed by atoms with E-state index in [9.17, 15) is 13.2 Å². The molecule has 2 aliphatic rings. The molecule has 0 radical (unpaired) electrons. The first-order valence-electron chi connectivity index (χ1n) is 11.6. The number of anilines is 1. The van der Waals surface area contributed by atoms with Crippen LogP contribution < -0.4 is 9.04 Å². The highest BCUT2D eigenvalue weighted by atomic mass is 127. The number of halogens is 1. The molecule has 1 atom stereocenters. The third kappa shape index (κ3) is 5.06. The van der Waals surface area contributed by atoms with Gasteiger partial charge in [0.2, 0.25) is 0 Å². The molecule has 0 bridgehead atoms. The molecule has 1 fully saturated rings. The number of sulfonamides is 1. The SMILES string of the molecule is CCC1CCc2cc(I)ccc2N1S(=O)(=O)c1cccc(C(=O)OC)c1OCC1CCOCC1. The van der Waals surface area contributed by atoms with Gasteiger partial charge in [0.25, 0.3) is 10.0 Å². The van der Waals surface area contributed by atoms with Crippen molar-refractivity contribution in [1.29, 1.82) is 0 Å². The van der Waals surface area contributed by atoms with Gasteiger partial charge >= 0.3 is 5.97 Å². The van der Waals surface area contributed by atoms with Crippen LogP contribution in [-0.4, -0.2) is 47.4 Å². The van der Waals surface area contributed by atoms with E-state index in [0.717, 1.165) is 34.8 Å². The van der Waals surface area contributed by atoms with Gasteiger partial charge in [-0.15, -0.1) is 0 Å². The van der Waals surface area contributed by atoms with Gasteiger partial charge in [-0.05, 0) is 96.5 Å². The van der Waals surface area contributed by atoms with Gasteiger partial charge in [-0.3, -0.25) is 4.31 Å². The van der Waals surface area contributed by atoms with Crippen LogP contribution in [0.3, 0.4) is 0 Å². The van der Waals surface area contributed by atoms with Crippen LogP contribution in [0.25, 0.3) is 0 Å². The lowest BCUT2D eigenvalue weighted by Crippen LogP contribution is -2.43. The zero-order chi connectivity index (χ0) is 24.3. The van der Waals surface area contributed by atoms with Gasteiger partial charge in [-0.2, -0.15) is 0 Å². The highest BCUT2D eigenvalue weighted by molar-refractivity contribution is 14.1. The van der Waals surface area contributed by atoms with E-state index in [-0.39, 0.29) is 28.2 Å². The fourth-order valence-electron chi connectivity index (χ4n) is 4.66. The molecule has 9 heteroatoms. The number of fused-ring (bicyclic) bond motifs is 1. The molecule has 2 aliphatic heterocycles. The van der Waals surface area contributed by atoms with Gasteiger partial charge < -0.3 is 14.2 Å². The van der Waals surface area contributed by atoms with Crippen molar-refractivity contribution in [1.82, 2.24) is 0 Å². The van der Waals surface area contributed by atoms with Crippen molar-refractivity contribution >= 4 is 44.3 Å². The number of ether oxygens (including phenoxy) is 3. The molecule has 0 amide bonds. The number of carbonyl (C=O) groups is 1. The minimum Gasteiger partial charge on any atom is -0.491 e. The molecule has 0 spiro atoms. The highest BCUT2D eigenvalue weighted by Gasteiger charge is 2.38. The lowest BCUT2D eigenvalue weighted by molar-refractivity contribution is 0.0478. The molecule has 1 saturated heterocycles. The van der Waals surface area contributed by atoms with Crippen LogP contribution in [0.4, 0.5) is 5.69 Å². The summed E-state index contributed by atoms with van der Waals surface area (Å²) in [6.45, 7) is 3.61. The molecular formula is C25H30INO6S. The Kier molecular flexibility index (Phi) is 8.04. The molecule has 34 heavy (non-hydrogen) atoms. The van der Waals surface area contributed by atoms with E-state index < -0.39 is 16.0 Å². The van der Waals surface area contributed by atoms with Crippen molar-refractivity contribution in [3.05, 3.63) is 51.1 Å². The largest absolute Gasteiger partial charge is 0.491 e. The third-order valence-electron chi connectivity index (χ3n) is 6.55. The van der Waals surface area contributed by atoms with Crippen LogP contribution in [-0.2, 0) is 25.9 Å². The maximum absolute atomic E-state index is 14.2. The predicted molar refractivity (Wildman–Crippen MR) is 138 cm³/mol. The van der Waals surface area contributed by atoms with Gasteiger partial charge in [0.05, 0.1) is 19.4 Å². The lowest BCUT2D eigenvalue weighted by Gasteiger charge is -2.38. The topological polar surface area (TPSA) is 82.1 Å². The molecule has 0 aliphatic carbocycles. The van der Waals surface area contributed by atoms with Crippen LogP contribution in [0.15, 0.2) is 41.3 Å². The molecule has 2 heterocycles. The van der Waals surface area contributed by atoms with Crippen molar-refractivity contribution in [2.75, 3.05) is 31.2 Å². The highest BCUT2D eigenvalue weighted by Crippen LogP contribution is 2.40. The molecule has 0 aromatic heterocycles. The van der Waals surface area contributed by atoms with E-state index >= 15 is 0 Å². The fourth-order valence-corrected chi connectivity index (χ4v) is 7.17. The van der Waals surface area contributed by atoms with Crippen molar-refractivity contribution in [3.63, 3.8) is 0 Å². The smallest absolute Gasteiger partial charge is 0.341 e. The summed E-state index contributed by atoms with van der Waals surface area (Å²) in [5.74, 6) is -0.329. The predicted octanol–water partition coefficient (Wildman–Crippen LogP) is 4.80. The first-order valence-corrected chi connectivity index (χ1v) is 14.1. The van der Waals surface area contributed by atoms with Crippen LogP contribution >= 0.6 is 22.6 Å². The number of hydrogen-bond acceptors (Lipinski definition) is 6. The molecule has 7 nitrogen and oxygen atoms in total. The summed E-state index contributed by atoms with van der Waals surface area (Å²) >= 11 is 2.24. The van der Waals surface area contributed by atoms with E-state index in [4.69, 9.17) is 14.2 Å². The number of benzene rings is 2. The van der Waals surface area contributed by atoms with Crippen molar-refractivity contribution in [2.45, 2.75) is 50.0 Å². The minimum absolute atomic E-state index is 0.00712. The van der Waals surface area contributed by atoms with Crippen molar-refractivity contribution < 1.29 is 27.4 Å². The van der Waals surface area contributed by atoms with Crippen LogP contribution in [0.1, 0.15) is 48.5 Å². The number of para-hydroxylation sites is 1. The number of nitrogens with zero attached hydrogens (tertiary/aromatic N) is 1. The first-order chi connectivity index (χ1) is 16.4. The Hall–Kier alpha value is -1.85. The number of methoxy groups -OCH3 is 1. The zero-order valence-electron chi connectivity index (χ0n) is 19.5. The number of carbonyl (C=O) groups excluding carboxylic acids is 1. The average molecular weight is 599 g/mol. The summed E-state index contributed by atoms with van der Waals surface area (Å²) in [5.41, 5.74) is 1.81. The Morgan fingerprint density at radius 3 is 2.65 bits per heavy atom. The fraction of sp³-hybridized carbons (Fsp3) is 0.480. The summed E-state index contributed by atoms with van der Waals surface area (Å²) in [6.07, 6.45) is 3.90. The van der Waals surface area contributed by atoms with Crippen LogP contribution in [0, 0.1) is 9.49 Å². The Morgan fingerprint density at radius 1 is 1.18 bits per heavy atom. The second-order valence-corrected chi connectivity index (χ2v) is 11.7. The van der Waals surface area contributed by atoms with Crippen LogP contribution in [0.5, 0.6) is 5.75 Å². The van der Waals surface area contributed by atoms with E-state index in [2.05, 4.69) is 22.6 Å². The van der Waals surface area contributed by atoms with E-state index in [1.807, 2.05) is 25.1 Å². The zero-order valence-corrected chi connectivity index (χ0v) is 22.4. The van der Waals surface area contributed by atoms with E-state index in [0.29, 0.717) is 31.9 Å². The standard InChI is InChI=1S/C25H30INO6S/c1-3-20-9-7-18-15-19(26)8-10-22(18)27(20)34(29,30)23-6-4-5-21(25(28)31-2)24(23)33-16-17-11-13-32-14-12-17/h4-6,8,10,15,17,20H,3,7,9,11-14,16H2,1-2H3. The van der Waals surface area contributed by atoms with Gasteiger partial charge in [0.1, 0.15) is 10.5 Å². The molecular weight excluding hydrogens is 569 g/mol. The average Bonchev–Trinajstić information content (AvgIpc) is 2.86. The molecule has 0 saturated carbocycles. The minimum atomic E-state index is -4.02. The Morgan fingerprint density at radius 2 is 1.94 bits per heavy atom. The number of aryl methyl sites for hydroxylation is 1. The maximum Gasteiger partial charge on any atom is 0.341 e. The summed E-state index contributed by atoms with van der Waals surface area (Å²) in [6, 6.07) is 10.3. The van der Waals surface area contributed by atoms with E-state index in [1.165, 1.54) is 17.5 Å². The van der Waals surface area contributed by atoms with Crippen LogP contribution in [0.2, 0.25) is 0 Å². The maximum atomic E-state index is 14.2. The number of hydrogen-bond donors (Lipinski definition) is 0. The first kappa shape index (κ1) is 25.2. The summed E-state index contributed by atoms with van der Waals surface area (Å²) in [7, 11) is -2.74. The molecule has 184 valence electrons. The Balaban J connectivity index is 1.79. The molecule has 0 N–H and O–H groups in total. The van der Waals surface area contributed by atoms with E-state index in [1.54, 1.807) is 12.1 Å². The lowest BCUT2D eigenvalue weighted by atomic mass is 9.97. The summed E-state index contributed by atoms with van der Waals surface area (Å²) in [5, 5.41) is 0. The molecule has 2 aromatic rings. The molecule has 4 rings (SSSR count). The summed E-state index contributed by atoms with van der Waals surface area (Å²) < 4.78 is 47.5.